The number of aryl methyl sites for hydroxylation is 1. The van der Waals surface area contributed by atoms with E-state index >= 15 is 0 Å². The Morgan fingerprint density at radius 2 is 1.98 bits per heavy atom. The highest BCUT2D eigenvalue weighted by Crippen LogP contribution is 2.40. The van der Waals surface area contributed by atoms with E-state index in [0.29, 0.717) is 16.7 Å². The number of oxime groups is 1. The van der Waals surface area contributed by atoms with Crippen molar-refractivity contribution in [2.24, 2.45) is 24.0 Å². The smallest absolute Gasteiger partial charge is 0.351 e. The molecule has 17 nitrogen and oxygen atoms in total. The first-order valence-corrected chi connectivity index (χ1v) is 16.5. The summed E-state index contributed by atoms with van der Waals surface area (Å²) in [4.78, 5) is 47.1. The molecule has 0 saturated carbocycles. The van der Waals surface area contributed by atoms with Crippen LogP contribution in [0.5, 0.6) is 5.75 Å². The predicted octanol–water partition coefficient (Wildman–Crippen LogP) is 0.0786. The quantitative estimate of drug-likeness (QED) is 0.0479. The van der Waals surface area contributed by atoms with Crippen LogP contribution in [0.1, 0.15) is 26.0 Å². The molecule has 1 unspecified atom stereocenters. The number of aromatic nitrogens is 3. The first-order chi connectivity index (χ1) is 22.1. The van der Waals surface area contributed by atoms with Crippen LogP contribution in [-0.2, 0) is 47.5 Å². The van der Waals surface area contributed by atoms with Crippen LogP contribution in [0.4, 0.5) is 5.13 Å². The lowest BCUT2D eigenvalue weighted by Crippen LogP contribution is -2.68. The number of thiazole rings is 1. The van der Waals surface area contributed by atoms with Crippen molar-refractivity contribution in [3.63, 3.8) is 0 Å². The Balaban J connectivity index is 1.24. The highest BCUT2D eigenvalue weighted by molar-refractivity contribution is 7.80. The first kappa shape index (κ1) is 33.9. The van der Waals surface area contributed by atoms with Crippen molar-refractivity contribution in [1.29, 1.82) is 0 Å². The van der Waals surface area contributed by atoms with E-state index in [-0.39, 0.29) is 10.8 Å². The van der Waals surface area contributed by atoms with Gasteiger partial charge in [-0.05, 0) is 31.5 Å². The van der Waals surface area contributed by atoms with Crippen molar-refractivity contribution >= 4 is 50.2 Å². The number of carboxylic acids is 1. The molecule has 19 heteroatoms. The number of carbonyl (C=O) groups is 3. The largest absolute Gasteiger partial charge is 0.724 e. The van der Waals surface area contributed by atoms with Gasteiger partial charge in [0, 0.05) is 30.8 Å². The molecular weight excluding hydrogens is 658 g/mol. The topological polar surface area (TPSA) is 232 Å². The van der Waals surface area contributed by atoms with Crippen LogP contribution in [0.15, 0.2) is 47.2 Å². The van der Waals surface area contributed by atoms with Crippen molar-refractivity contribution in [3.8, 4) is 16.9 Å². The fraction of sp³-hybridized carbons (Fsp3) is 0.429. The zero-order valence-corrected chi connectivity index (χ0v) is 27.2. The van der Waals surface area contributed by atoms with E-state index in [1.54, 1.807) is 12.1 Å². The van der Waals surface area contributed by atoms with Gasteiger partial charge in [-0.15, -0.1) is 16.0 Å². The molecule has 0 bridgehead atoms. The van der Waals surface area contributed by atoms with E-state index in [2.05, 4.69) is 30.6 Å². The molecule has 4 N–H and O–H groups in total. The maximum Gasteiger partial charge on any atom is 0.351 e. The van der Waals surface area contributed by atoms with Gasteiger partial charge < -0.3 is 30.3 Å². The number of hydroxylamine groups is 2. The van der Waals surface area contributed by atoms with Crippen LogP contribution in [0.2, 0.25) is 0 Å². The number of aliphatic carboxylic acids is 1. The van der Waals surface area contributed by atoms with E-state index in [4.69, 9.17) is 15.3 Å². The van der Waals surface area contributed by atoms with E-state index < -0.39 is 64.4 Å². The predicted molar refractivity (Wildman–Crippen MR) is 163 cm³/mol. The Bertz CT molecular complexity index is 1800. The summed E-state index contributed by atoms with van der Waals surface area (Å²) in [6, 6.07) is 7.08. The third-order valence-corrected chi connectivity index (χ3v) is 8.93. The molecule has 47 heavy (non-hydrogen) atoms. The summed E-state index contributed by atoms with van der Waals surface area (Å²) in [6.45, 7) is 5.24. The molecule has 0 aliphatic carbocycles. The fourth-order valence-electron chi connectivity index (χ4n) is 5.09. The van der Waals surface area contributed by atoms with Crippen LogP contribution in [0.3, 0.4) is 0 Å². The Labute approximate surface area is 273 Å². The minimum Gasteiger partial charge on any atom is -0.724 e. The van der Waals surface area contributed by atoms with Gasteiger partial charge in [0.05, 0.1) is 29.8 Å². The molecule has 5 rings (SSSR count). The standard InChI is InChI=1S/C28H33N7O10S2/c1-28(2)20(25(37)35(28)45-47(40,41)42)8-22(36)24(21-15-46-27(29)31-21)32-44-23(26(38)39)14-43-19-6-4-17(5-7-19)18-12-33(3)34(13-18)11-16-9-30-10-16/h4-7,12-13,15-16,20,23,30H,8-11,14H2,1-3H3,(H3-,29,31,38,39,40,41,42)/b32-24-/t20-,23?/m1/s1. The zero-order valence-electron chi connectivity index (χ0n) is 25.6. The number of carbonyl (C=O) groups excluding carboxylic acids is 2. The number of Topliss-reactive ketones (excluding diaryl/α,β-unsaturated/α-hetero) is 1. The molecule has 2 atom stereocenters. The number of ketones is 1. The SMILES string of the molecule is C[n+]1cc(-c2ccc(OCC(O/N=C(\C(=O)C[C@@H]3C(=O)N(OS(=O)(=O)[O-])C3(C)C)c3csc(N)n3)C(=O)O)cc2)cn1CC1CNC1. The van der Waals surface area contributed by atoms with E-state index in [9.17, 15) is 32.5 Å². The molecule has 4 heterocycles. The molecule has 2 aliphatic rings. The molecule has 2 saturated heterocycles. The van der Waals surface area contributed by atoms with Gasteiger partial charge in [-0.25, -0.2) is 18.2 Å². The number of benzene rings is 1. The fourth-order valence-corrected chi connectivity index (χ4v) is 6.09. The summed E-state index contributed by atoms with van der Waals surface area (Å²) < 4.78 is 47.1. The zero-order chi connectivity index (χ0) is 34.1. The number of nitrogens with one attached hydrogen (secondary N) is 1. The normalized spacial score (nSPS) is 18.7. The van der Waals surface area contributed by atoms with Gasteiger partial charge in [0.2, 0.25) is 16.6 Å². The van der Waals surface area contributed by atoms with Crippen molar-refractivity contribution in [3.05, 3.63) is 47.7 Å². The average molecular weight is 692 g/mol. The minimum absolute atomic E-state index is 0.0236. The molecule has 1 aromatic carbocycles. The Morgan fingerprint density at radius 1 is 1.28 bits per heavy atom. The molecule has 2 aromatic heterocycles. The third-order valence-electron chi connectivity index (χ3n) is 7.92. The lowest BCUT2D eigenvalue weighted by Gasteiger charge is -2.51. The lowest BCUT2D eigenvalue weighted by molar-refractivity contribution is -0.754. The minimum atomic E-state index is -5.23. The van der Waals surface area contributed by atoms with Gasteiger partial charge in [0.15, 0.2) is 23.7 Å². The number of nitrogens with two attached hydrogens (primary N) is 1. The summed E-state index contributed by atoms with van der Waals surface area (Å²) in [6.07, 6.45) is 1.93. The van der Waals surface area contributed by atoms with Gasteiger partial charge in [0.1, 0.15) is 18.1 Å². The maximum absolute atomic E-state index is 13.3. The number of nitrogen functional groups attached to an aromatic ring is 1. The number of β-lactam (4-membered cyclic amide) rings is 1. The van der Waals surface area contributed by atoms with Gasteiger partial charge >= 0.3 is 5.97 Å². The number of amides is 1. The molecule has 1 amide bonds. The number of carboxylic acid groups (broad SMARTS) is 1. The highest BCUT2D eigenvalue weighted by atomic mass is 32.3. The lowest BCUT2D eigenvalue weighted by atomic mass is 9.74. The maximum atomic E-state index is 13.3. The summed E-state index contributed by atoms with van der Waals surface area (Å²) in [5, 5.41) is 18.7. The molecule has 2 fully saturated rings. The van der Waals surface area contributed by atoms with Gasteiger partial charge in [-0.3, -0.25) is 9.59 Å². The number of hydrogen-bond acceptors (Lipinski definition) is 14. The van der Waals surface area contributed by atoms with Crippen LogP contribution in [0.25, 0.3) is 11.1 Å². The number of nitrogens with zero attached hydrogens (tertiary/aromatic N) is 5. The molecule has 2 aliphatic heterocycles. The van der Waals surface area contributed by atoms with Crippen LogP contribution >= 0.6 is 11.3 Å². The second-order valence-electron chi connectivity index (χ2n) is 11.7. The monoisotopic (exact) mass is 691 g/mol. The molecule has 252 valence electrons. The third kappa shape index (κ3) is 7.76. The summed E-state index contributed by atoms with van der Waals surface area (Å²) in [5.74, 6) is -3.25. The van der Waals surface area contributed by atoms with Crippen LogP contribution < -0.4 is 20.5 Å². The average Bonchev–Trinajstić information content (AvgIpc) is 3.58. The van der Waals surface area contributed by atoms with Gasteiger partial charge in [0.25, 0.3) is 12.0 Å². The highest BCUT2D eigenvalue weighted by Gasteiger charge is 2.57. The molecule has 0 radical (unpaired) electrons. The molecular formula is C28H33N7O10S2. The second-order valence-corrected chi connectivity index (χ2v) is 13.5. The Hall–Kier alpha value is -4.43. The van der Waals surface area contributed by atoms with E-state index in [0.717, 1.165) is 42.1 Å². The van der Waals surface area contributed by atoms with Crippen LogP contribution in [0, 0.1) is 11.8 Å². The van der Waals surface area contributed by atoms with Crippen LogP contribution in [-0.4, -0.2) is 87.5 Å². The summed E-state index contributed by atoms with van der Waals surface area (Å²) in [5.41, 5.74) is 5.88. The first-order valence-electron chi connectivity index (χ1n) is 14.3. The van der Waals surface area contributed by atoms with E-state index in [1.807, 2.05) is 30.1 Å². The number of hydrogen-bond donors (Lipinski definition) is 3. The summed E-state index contributed by atoms with van der Waals surface area (Å²) in [7, 11) is -3.26. The molecule has 0 spiro atoms. The van der Waals surface area contributed by atoms with Crippen molar-refractivity contribution in [2.75, 3.05) is 25.4 Å². The Kier molecular flexibility index (Phi) is 9.64. The van der Waals surface area contributed by atoms with Crippen molar-refractivity contribution in [1.82, 2.24) is 20.0 Å². The number of ether oxygens (including phenoxy) is 1. The Morgan fingerprint density at radius 3 is 2.53 bits per heavy atom. The van der Waals surface area contributed by atoms with Crippen molar-refractivity contribution < 1.29 is 51.0 Å². The van der Waals surface area contributed by atoms with Gasteiger partial charge in [-0.1, -0.05) is 17.3 Å². The second kappa shape index (κ2) is 13.4. The van der Waals surface area contributed by atoms with E-state index in [1.165, 1.54) is 19.2 Å². The molecule has 3 aromatic rings. The van der Waals surface area contributed by atoms with Crippen molar-refractivity contribution in [2.45, 2.75) is 38.5 Å². The summed E-state index contributed by atoms with van der Waals surface area (Å²) >= 11 is 0.987. The number of anilines is 1. The van der Waals surface area contributed by atoms with Gasteiger partial charge in [-0.2, -0.15) is 14.0 Å². The number of rotatable bonds is 15.